The van der Waals surface area contributed by atoms with E-state index in [0.717, 1.165) is 20.2 Å². The summed E-state index contributed by atoms with van der Waals surface area (Å²) in [6, 6.07) is 6.27. The van der Waals surface area contributed by atoms with Gasteiger partial charge in [0.2, 0.25) is 0 Å². The molecule has 2 N–H and O–H groups in total. The molecule has 3 nitrogen and oxygen atoms in total. The molecule has 0 fully saturated rings. The van der Waals surface area contributed by atoms with E-state index >= 15 is 0 Å². The van der Waals surface area contributed by atoms with Gasteiger partial charge in [-0.2, -0.15) is 5.10 Å². The van der Waals surface area contributed by atoms with Gasteiger partial charge in [0, 0.05) is 10.5 Å². The van der Waals surface area contributed by atoms with Crippen molar-refractivity contribution in [1.82, 2.24) is 9.78 Å². The molecule has 2 aromatic rings. The van der Waals surface area contributed by atoms with Gasteiger partial charge in [-0.05, 0) is 48.3 Å². The average Bonchev–Trinajstić information content (AvgIpc) is 2.73. The maximum atomic E-state index is 6.45. The Morgan fingerprint density at radius 3 is 2.53 bits per heavy atom. The number of hydrogen-bond acceptors (Lipinski definition) is 2. The van der Waals surface area contributed by atoms with Crippen molar-refractivity contribution in [2.45, 2.75) is 32.9 Å². The summed E-state index contributed by atoms with van der Waals surface area (Å²) >= 11 is 7.13. The summed E-state index contributed by atoms with van der Waals surface area (Å²) in [4.78, 5) is 0. The third-order valence-corrected chi connectivity index (χ3v) is 4.39. The number of aromatic nitrogens is 2. The van der Waals surface area contributed by atoms with E-state index in [1.807, 2.05) is 10.7 Å². The number of benzene rings is 1. The highest BCUT2D eigenvalue weighted by atomic mass is 79.9. The summed E-state index contributed by atoms with van der Waals surface area (Å²) in [5, 5.41) is 4.39. The van der Waals surface area contributed by atoms with Gasteiger partial charge in [0.15, 0.2) is 0 Å². The number of rotatable bonds is 3. The summed E-state index contributed by atoms with van der Waals surface area (Å²) in [5.41, 5.74) is 9.72. The molecule has 0 amide bonds. The molecule has 0 aliphatic carbocycles. The third-order valence-electron chi connectivity index (χ3n) is 3.06. The first-order valence-electron chi connectivity index (χ1n) is 6.16. The molecule has 1 aromatic carbocycles. The lowest BCUT2D eigenvalue weighted by Gasteiger charge is -2.19. The molecule has 1 aromatic heterocycles. The van der Waals surface area contributed by atoms with E-state index in [1.165, 1.54) is 5.56 Å². The van der Waals surface area contributed by atoms with Crippen molar-refractivity contribution in [2.24, 2.45) is 5.73 Å². The molecule has 0 aliphatic heterocycles. The Hall–Kier alpha value is -0.650. The zero-order valence-corrected chi connectivity index (χ0v) is 14.4. The van der Waals surface area contributed by atoms with Gasteiger partial charge in [0.05, 0.1) is 22.4 Å². The first kappa shape index (κ1) is 14.8. The highest BCUT2D eigenvalue weighted by Gasteiger charge is 2.21. The molecular weight excluding hydrogens is 370 g/mol. The molecule has 0 spiro atoms. The van der Waals surface area contributed by atoms with Crippen molar-refractivity contribution >= 4 is 31.9 Å². The molecule has 1 unspecified atom stereocenters. The summed E-state index contributed by atoms with van der Waals surface area (Å²) in [6.07, 6.45) is 1.80. The molecule has 0 saturated heterocycles. The second-order valence-corrected chi connectivity index (χ2v) is 6.63. The Kier molecular flexibility index (Phi) is 4.48. The molecule has 5 heteroatoms. The van der Waals surface area contributed by atoms with Crippen LogP contribution >= 0.6 is 31.9 Å². The number of halogens is 2. The Morgan fingerprint density at radius 2 is 1.89 bits per heavy atom. The lowest BCUT2D eigenvalue weighted by Crippen LogP contribution is -2.19. The van der Waals surface area contributed by atoms with E-state index in [-0.39, 0.29) is 12.1 Å². The summed E-state index contributed by atoms with van der Waals surface area (Å²) in [5.74, 6) is 0. The van der Waals surface area contributed by atoms with Crippen LogP contribution in [0.4, 0.5) is 0 Å². The van der Waals surface area contributed by atoms with Crippen LogP contribution in [0.1, 0.15) is 42.8 Å². The summed E-state index contributed by atoms with van der Waals surface area (Å²) in [6.45, 7) is 6.26. The van der Waals surface area contributed by atoms with Crippen LogP contribution in [0.2, 0.25) is 0 Å². The second-order valence-electron chi connectivity index (χ2n) is 4.92. The predicted molar refractivity (Wildman–Crippen MR) is 85.2 cm³/mol. The van der Waals surface area contributed by atoms with Crippen LogP contribution in [0.25, 0.3) is 0 Å². The normalized spacial score (nSPS) is 13.0. The van der Waals surface area contributed by atoms with Crippen molar-refractivity contribution in [1.29, 1.82) is 0 Å². The van der Waals surface area contributed by atoms with Crippen LogP contribution in [-0.2, 0) is 0 Å². The fourth-order valence-electron chi connectivity index (χ4n) is 2.10. The largest absolute Gasteiger partial charge is 0.319 e. The minimum atomic E-state index is -0.214. The van der Waals surface area contributed by atoms with Crippen molar-refractivity contribution < 1.29 is 0 Å². The molecule has 1 atom stereocenters. The second kappa shape index (κ2) is 5.77. The van der Waals surface area contributed by atoms with Gasteiger partial charge >= 0.3 is 0 Å². The molecule has 2 rings (SSSR count). The van der Waals surface area contributed by atoms with Gasteiger partial charge in [0.1, 0.15) is 0 Å². The van der Waals surface area contributed by atoms with E-state index in [1.54, 1.807) is 6.20 Å². The van der Waals surface area contributed by atoms with Crippen LogP contribution < -0.4 is 5.73 Å². The van der Waals surface area contributed by atoms with Crippen LogP contribution in [0.3, 0.4) is 0 Å². The third kappa shape index (κ3) is 2.93. The molecule has 0 aliphatic rings. The SMILES string of the molecule is Cc1ccc(Br)c(C(N)c2c(Br)cnn2C(C)C)c1. The van der Waals surface area contributed by atoms with E-state index < -0.39 is 0 Å². The average molecular weight is 387 g/mol. The first-order valence-corrected chi connectivity index (χ1v) is 7.75. The lowest BCUT2D eigenvalue weighted by atomic mass is 10.0. The molecule has 0 bridgehead atoms. The quantitative estimate of drug-likeness (QED) is 0.852. The monoisotopic (exact) mass is 385 g/mol. The molecular formula is C14H17Br2N3. The fourth-order valence-corrected chi connectivity index (χ4v) is 3.12. The topological polar surface area (TPSA) is 43.8 Å². The zero-order chi connectivity index (χ0) is 14.2. The van der Waals surface area contributed by atoms with Gasteiger partial charge < -0.3 is 5.73 Å². The highest BCUT2D eigenvalue weighted by molar-refractivity contribution is 9.10. The van der Waals surface area contributed by atoms with Crippen molar-refractivity contribution in [3.63, 3.8) is 0 Å². The Balaban J connectivity index is 2.52. The Labute approximate surface area is 130 Å². The molecule has 1 heterocycles. The lowest BCUT2D eigenvalue weighted by molar-refractivity contribution is 0.498. The van der Waals surface area contributed by atoms with Crippen molar-refractivity contribution in [3.8, 4) is 0 Å². The fraction of sp³-hybridized carbons (Fsp3) is 0.357. The highest BCUT2D eigenvalue weighted by Crippen LogP contribution is 2.32. The van der Waals surface area contributed by atoms with E-state index in [4.69, 9.17) is 5.73 Å². The molecule has 0 radical (unpaired) electrons. The zero-order valence-electron chi connectivity index (χ0n) is 11.2. The summed E-state index contributed by atoms with van der Waals surface area (Å²) in [7, 11) is 0. The maximum absolute atomic E-state index is 6.45. The maximum Gasteiger partial charge on any atom is 0.0746 e. The molecule has 19 heavy (non-hydrogen) atoms. The van der Waals surface area contributed by atoms with Gasteiger partial charge in [0.25, 0.3) is 0 Å². The van der Waals surface area contributed by atoms with Crippen molar-refractivity contribution in [3.05, 3.63) is 50.2 Å². The van der Waals surface area contributed by atoms with Gasteiger partial charge in [-0.1, -0.05) is 33.6 Å². The number of hydrogen-bond donors (Lipinski definition) is 1. The van der Waals surface area contributed by atoms with E-state index in [2.05, 4.69) is 69.9 Å². The first-order chi connectivity index (χ1) is 8.91. The minimum Gasteiger partial charge on any atom is -0.319 e. The van der Waals surface area contributed by atoms with Crippen LogP contribution in [0.5, 0.6) is 0 Å². The van der Waals surface area contributed by atoms with E-state index in [9.17, 15) is 0 Å². The Morgan fingerprint density at radius 1 is 1.21 bits per heavy atom. The standard InChI is InChI=1S/C14H17Br2N3/c1-8(2)19-14(12(16)7-18-19)13(17)10-6-9(3)4-5-11(10)15/h4-8,13H,17H2,1-3H3. The molecule has 0 saturated carbocycles. The van der Waals surface area contributed by atoms with Crippen LogP contribution in [0.15, 0.2) is 33.3 Å². The summed E-state index contributed by atoms with van der Waals surface area (Å²) < 4.78 is 3.93. The number of nitrogens with zero attached hydrogens (tertiary/aromatic N) is 2. The number of aryl methyl sites for hydroxylation is 1. The van der Waals surface area contributed by atoms with Gasteiger partial charge in [-0.15, -0.1) is 0 Å². The number of nitrogens with two attached hydrogens (primary N) is 1. The van der Waals surface area contributed by atoms with Gasteiger partial charge in [-0.3, -0.25) is 4.68 Å². The van der Waals surface area contributed by atoms with E-state index in [0.29, 0.717) is 0 Å². The Bertz CT molecular complexity index is 590. The van der Waals surface area contributed by atoms with Crippen LogP contribution in [0, 0.1) is 6.92 Å². The van der Waals surface area contributed by atoms with Gasteiger partial charge in [-0.25, -0.2) is 0 Å². The van der Waals surface area contributed by atoms with Crippen molar-refractivity contribution in [2.75, 3.05) is 0 Å². The minimum absolute atomic E-state index is 0.214. The van der Waals surface area contributed by atoms with Crippen LogP contribution in [-0.4, -0.2) is 9.78 Å². The predicted octanol–water partition coefficient (Wildman–Crippen LogP) is 4.35. The molecule has 102 valence electrons. The smallest absolute Gasteiger partial charge is 0.0746 e.